The Balaban J connectivity index is 1.51. The topological polar surface area (TPSA) is 18.5 Å². The largest absolute Gasteiger partial charge is 0.348 e. The molecule has 1 aliphatic heterocycles. The maximum absolute atomic E-state index is 14.9. The summed E-state index contributed by atoms with van der Waals surface area (Å²) in [6.45, 7) is 5.82. The fourth-order valence-electron chi connectivity index (χ4n) is 4.68. The minimum Gasteiger partial charge on any atom is -0.348 e. The van der Waals surface area contributed by atoms with E-state index in [1.54, 1.807) is 12.1 Å². The van der Waals surface area contributed by atoms with Crippen molar-refractivity contribution in [3.8, 4) is 11.1 Å². The van der Waals surface area contributed by atoms with Crippen LogP contribution in [0.25, 0.3) is 11.1 Å². The molecule has 0 bridgehead atoms. The van der Waals surface area contributed by atoms with Crippen molar-refractivity contribution in [2.45, 2.75) is 97.2 Å². The zero-order valence-electron chi connectivity index (χ0n) is 21.1. The van der Waals surface area contributed by atoms with Crippen LogP contribution in [0.1, 0.15) is 102 Å². The number of hydrogen-bond acceptors (Lipinski definition) is 2. The lowest BCUT2D eigenvalue weighted by atomic mass is 9.98. The molecule has 0 unspecified atom stereocenters. The first-order valence-electron chi connectivity index (χ1n) is 13.4. The van der Waals surface area contributed by atoms with Crippen molar-refractivity contribution in [2.24, 2.45) is 5.92 Å². The molecule has 3 rings (SSSR count). The van der Waals surface area contributed by atoms with E-state index in [2.05, 4.69) is 13.8 Å². The number of ether oxygens (including phenoxy) is 2. The maximum atomic E-state index is 14.9. The van der Waals surface area contributed by atoms with Crippen LogP contribution in [-0.2, 0) is 15.9 Å². The molecule has 2 aromatic rings. The number of rotatable bonds is 14. The van der Waals surface area contributed by atoms with Gasteiger partial charge in [0.2, 0.25) is 0 Å². The molecule has 0 aromatic heterocycles. The summed E-state index contributed by atoms with van der Waals surface area (Å²) < 4.78 is 41.4. The Morgan fingerprint density at radius 2 is 1.32 bits per heavy atom. The molecular formula is C30H42F2O2. The highest BCUT2D eigenvalue weighted by Crippen LogP contribution is 2.31. The van der Waals surface area contributed by atoms with E-state index < -0.39 is 11.6 Å². The van der Waals surface area contributed by atoms with Gasteiger partial charge in [-0.25, -0.2) is 8.78 Å². The van der Waals surface area contributed by atoms with Crippen molar-refractivity contribution in [3.63, 3.8) is 0 Å². The van der Waals surface area contributed by atoms with Crippen molar-refractivity contribution in [3.05, 3.63) is 59.2 Å². The van der Waals surface area contributed by atoms with E-state index in [4.69, 9.17) is 9.47 Å². The predicted octanol–water partition coefficient (Wildman–Crippen LogP) is 9.17. The number of unbranched alkanes of at least 4 members (excludes halogenated alkanes) is 8. The monoisotopic (exact) mass is 472 g/mol. The Morgan fingerprint density at radius 3 is 2.00 bits per heavy atom. The highest BCUT2D eigenvalue weighted by molar-refractivity contribution is 5.65. The molecule has 188 valence electrons. The summed E-state index contributed by atoms with van der Waals surface area (Å²) in [4.78, 5) is 0. The Hall–Kier alpha value is -1.78. The summed E-state index contributed by atoms with van der Waals surface area (Å²) in [5.74, 6) is -1.01. The predicted molar refractivity (Wildman–Crippen MR) is 136 cm³/mol. The van der Waals surface area contributed by atoms with Crippen LogP contribution in [0.2, 0.25) is 0 Å². The molecule has 1 aliphatic rings. The third kappa shape index (κ3) is 7.88. The SMILES string of the molecule is CCCCCCCCCc1ccc(-c2ccc(C3OCC(CCCCC)CO3)cc2)c(F)c1F. The first-order valence-corrected chi connectivity index (χ1v) is 13.4. The molecule has 34 heavy (non-hydrogen) atoms. The third-order valence-corrected chi connectivity index (χ3v) is 6.89. The fraction of sp³-hybridized carbons (Fsp3) is 0.600. The molecule has 0 aliphatic carbocycles. The van der Waals surface area contributed by atoms with Crippen molar-refractivity contribution in [1.29, 1.82) is 0 Å². The standard InChI is InChI=1S/C30H42F2O2/c1-3-5-7-8-9-10-12-14-25-19-20-27(29(32)28(25)31)24-15-17-26(18-16-24)30-33-21-23(22-34-30)13-11-6-4-2/h15-20,23,30H,3-14,21-22H2,1-2H3. The van der Waals surface area contributed by atoms with E-state index in [9.17, 15) is 8.78 Å². The molecule has 1 heterocycles. The van der Waals surface area contributed by atoms with Gasteiger partial charge in [-0.05, 0) is 30.4 Å². The van der Waals surface area contributed by atoms with Crippen LogP contribution in [0.15, 0.2) is 36.4 Å². The van der Waals surface area contributed by atoms with Gasteiger partial charge in [0, 0.05) is 17.0 Å². The van der Waals surface area contributed by atoms with Gasteiger partial charge in [-0.15, -0.1) is 0 Å². The molecule has 0 radical (unpaired) electrons. The highest BCUT2D eigenvalue weighted by atomic mass is 19.2. The molecule has 0 atom stereocenters. The second-order valence-corrected chi connectivity index (χ2v) is 9.75. The van der Waals surface area contributed by atoms with Crippen LogP contribution in [0.4, 0.5) is 8.78 Å². The summed E-state index contributed by atoms with van der Waals surface area (Å²) in [5, 5.41) is 0. The van der Waals surface area contributed by atoms with E-state index >= 15 is 0 Å². The van der Waals surface area contributed by atoms with E-state index in [1.165, 1.54) is 51.4 Å². The summed E-state index contributed by atoms with van der Waals surface area (Å²) in [6.07, 6.45) is 13.2. The average molecular weight is 473 g/mol. The van der Waals surface area contributed by atoms with Gasteiger partial charge in [0.15, 0.2) is 17.9 Å². The van der Waals surface area contributed by atoms with E-state index in [-0.39, 0.29) is 6.29 Å². The summed E-state index contributed by atoms with van der Waals surface area (Å²) in [7, 11) is 0. The molecule has 2 nitrogen and oxygen atoms in total. The quantitative estimate of drug-likeness (QED) is 0.255. The molecule has 0 saturated carbocycles. The Labute approximate surface area is 205 Å². The molecular weight excluding hydrogens is 430 g/mol. The van der Waals surface area contributed by atoms with Crippen LogP contribution in [0, 0.1) is 17.6 Å². The van der Waals surface area contributed by atoms with Crippen molar-refractivity contribution >= 4 is 0 Å². The molecule has 0 spiro atoms. The van der Waals surface area contributed by atoms with Gasteiger partial charge < -0.3 is 9.47 Å². The lowest BCUT2D eigenvalue weighted by molar-refractivity contribution is -0.206. The number of benzene rings is 2. The molecule has 1 saturated heterocycles. The molecule has 2 aromatic carbocycles. The van der Waals surface area contributed by atoms with Crippen LogP contribution >= 0.6 is 0 Å². The average Bonchev–Trinajstić information content (AvgIpc) is 2.87. The van der Waals surface area contributed by atoms with Gasteiger partial charge in [-0.2, -0.15) is 0 Å². The number of aryl methyl sites for hydroxylation is 1. The van der Waals surface area contributed by atoms with E-state index in [1.807, 2.05) is 24.3 Å². The van der Waals surface area contributed by atoms with Gasteiger partial charge >= 0.3 is 0 Å². The van der Waals surface area contributed by atoms with Gasteiger partial charge in [-0.3, -0.25) is 0 Å². The Bertz CT molecular complexity index is 842. The first-order chi connectivity index (χ1) is 16.6. The zero-order chi connectivity index (χ0) is 24.2. The van der Waals surface area contributed by atoms with Gasteiger partial charge in [0.05, 0.1) is 13.2 Å². The minimum absolute atomic E-state index is 0.300. The summed E-state index contributed by atoms with van der Waals surface area (Å²) in [5.41, 5.74) is 2.35. The van der Waals surface area contributed by atoms with E-state index in [0.717, 1.165) is 24.8 Å². The zero-order valence-corrected chi connectivity index (χ0v) is 21.1. The first kappa shape index (κ1) is 26.8. The second kappa shape index (κ2) is 14.6. The normalized spacial score (nSPS) is 18.4. The molecule has 1 fully saturated rings. The highest BCUT2D eigenvalue weighted by Gasteiger charge is 2.23. The molecule has 4 heteroatoms. The lowest BCUT2D eigenvalue weighted by Gasteiger charge is -2.29. The summed E-state index contributed by atoms with van der Waals surface area (Å²) in [6, 6.07) is 10.9. The third-order valence-electron chi connectivity index (χ3n) is 6.89. The van der Waals surface area contributed by atoms with Gasteiger partial charge in [0.25, 0.3) is 0 Å². The van der Waals surface area contributed by atoms with Gasteiger partial charge in [0.1, 0.15) is 0 Å². The Morgan fingerprint density at radius 1 is 0.706 bits per heavy atom. The second-order valence-electron chi connectivity index (χ2n) is 9.75. The maximum Gasteiger partial charge on any atom is 0.183 e. The van der Waals surface area contributed by atoms with Crippen LogP contribution in [-0.4, -0.2) is 13.2 Å². The smallest absolute Gasteiger partial charge is 0.183 e. The van der Waals surface area contributed by atoms with Crippen LogP contribution in [0.5, 0.6) is 0 Å². The van der Waals surface area contributed by atoms with Crippen LogP contribution in [0.3, 0.4) is 0 Å². The lowest BCUT2D eigenvalue weighted by Crippen LogP contribution is -2.27. The summed E-state index contributed by atoms with van der Waals surface area (Å²) >= 11 is 0. The fourth-order valence-corrected chi connectivity index (χ4v) is 4.68. The minimum atomic E-state index is -0.756. The molecule has 0 N–H and O–H groups in total. The Kier molecular flexibility index (Phi) is 11.5. The molecule has 0 amide bonds. The van der Waals surface area contributed by atoms with Crippen molar-refractivity contribution in [1.82, 2.24) is 0 Å². The van der Waals surface area contributed by atoms with Crippen molar-refractivity contribution < 1.29 is 18.3 Å². The van der Waals surface area contributed by atoms with Gasteiger partial charge in [-0.1, -0.05) is 108 Å². The van der Waals surface area contributed by atoms with Crippen LogP contribution < -0.4 is 0 Å². The van der Waals surface area contributed by atoms with E-state index in [0.29, 0.717) is 42.2 Å². The van der Waals surface area contributed by atoms with Crippen molar-refractivity contribution in [2.75, 3.05) is 13.2 Å². The number of hydrogen-bond donors (Lipinski definition) is 0. The number of halogens is 2.